The summed E-state index contributed by atoms with van der Waals surface area (Å²) in [4.78, 5) is 64.5. The van der Waals surface area contributed by atoms with E-state index < -0.39 is 5.91 Å². The fraction of sp³-hybridized carbons (Fsp3) is 0.108. The van der Waals surface area contributed by atoms with E-state index in [-0.39, 0.29) is 74.4 Å². The summed E-state index contributed by atoms with van der Waals surface area (Å²) in [6.45, 7) is 2.96. The predicted octanol–water partition coefficient (Wildman–Crippen LogP) is 17.9. The number of nitrogens with two attached hydrogens (primary N) is 2. The Bertz CT molecular complexity index is 4620. The van der Waals surface area contributed by atoms with E-state index in [1.54, 1.807) is 90.2 Å². The first-order chi connectivity index (χ1) is 47.9. The number of hydrogen-bond donors (Lipinski definition) is 5. The quantitative estimate of drug-likeness (QED) is 0.0233. The van der Waals surface area contributed by atoms with Gasteiger partial charge >= 0.3 is 0 Å². The number of benzene rings is 10. The van der Waals surface area contributed by atoms with Crippen LogP contribution in [-0.4, -0.2) is 68.8 Å². The normalized spacial score (nSPS) is 10.3. The molecule has 0 aliphatic carbocycles. The Morgan fingerprint density at radius 3 is 1.36 bits per heavy atom. The minimum atomic E-state index is -0.501. The molecule has 2 aromatic heterocycles. The second-order valence-corrected chi connectivity index (χ2v) is 22.0. The molecule has 18 heteroatoms. The third-order valence-electron chi connectivity index (χ3n) is 14.3. The van der Waals surface area contributed by atoms with Gasteiger partial charge in [-0.1, -0.05) is 189 Å². The van der Waals surface area contributed by atoms with Gasteiger partial charge in [0.1, 0.15) is 34.5 Å². The SMILES string of the molecule is C.CC(=O)CC(=O)c1ccccc1.COc1ccc2c(=O)cc(-c3ccccc3)[nH]c2c1.COc1ccc2c(Cl)cc(-c3ccccc3)nc2c1.COc1cccc(N)c1.COc1cccc(N/C(=C\C(C)=O)c2ccccc2)c1.COc1cccc(N/C(=C\C(N)=O)c2ccccc2)c1.[Ar]. The number of amides is 1. The molecule has 518 valence electrons. The summed E-state index contributed by atoms with van der Waals surface area (Å²) in [6, 6.07) is 84.9. The molecule has 12 rings (SSSR count). The number of hydrogen-bond acceptors (Lipinski definition) is 14. The van der Waals surface area contributed by atoms with Crippen LogP contribution in [0.1, 0.15) is 49.2 Å². The van der Waals surface area contributed by atoms with Gasteiger partial charge in [0.05, 0.1) is 69.4 Å². The molecular weight excluding hydrogens is 1320 g/mol. The molecule has 0 bridgehead atoms. The molecule has 16 nitrogen and oxygen atoms in total. The van der Waals surface area contributed by atoms with E-state index in [0.29, 0.717) is 21.7 Å². The van der Waals surface area contributed by atoms with Gasteiger partial charge in [-0.15, -0.1) is 0 Å². The average molecular weight is 1400 g/mol. The van der Waals surface area contributed by atoms with Crippen molar-refractivity contribution in [2.45, 2.75) is 27.7 Å². The Labute approximate surface area is 624 Å². The molecule has 101 heavy (non-hydrogen) atoms. The number of nitrogens with zero attached hydrogens (tertiary/aromatic N) is 1. The maximum Gasteiger partial charge on any atom is 0.243 e. The zero-order valence-electron chi connectivity index (χ0n) is 56.3. The number of fused-ring (bicyclic) bond motifs is 2. The van der Waals surface area contributed by atoms with E-state index in [2.05, 4.69) is 20.6 Å². The van der Waals surface area contributed by atoms with Crippen molar-refractivity contribution in [3.05, 3.63) is 317 Å². The number of aromatic amines is 1. The Balaban J connectivity index is 0.000000221. The van der Waals surface area contributed by atoms with Crippen LogP contribution in [0.4, 0.5) is 17.1 Å². The fourth-order valence-electron chi connectivity index (χ4n) is 9.45. The first-order valence-corrected chi connectivity index (χ1v) is 31.4. The van der Waals surface area contributed by atoms with E-state index in [1.165, 1.54) is 19.9 Å². The molecule has 0 aliphatic heterocycles. The average Bonchev–Trinajstić information content (AvgIpc) is 0.805. The number of primary amides is 1. The second-order valence-electron chi connectivity index (χ2n) is 21.6. The van der Waals surface area contributed by atoms with Crippen molar-refractivity contribution >= 4 is 85.1 Å². The predicted molar refractivity (Wildman–Crippen MR) is 407 cm³/mol. The van der Waals surface area contributed by atoms with Gasteiger partial charge < -0.3 is 50.8 Å². The van der Waals surface area contributed by atoms with Crippen molar-refractivity contribution in [1.82, 2.24) is 9.97 Å². The third-order valence-corrected chi connectivity index (χ3v) is 14.6. The third kappa shape index (κ3) is 26.5. The molecule has 0 saturated carbocycles. The Morgan fingerprint density at radius 1 is 0.475 bits per heavy atom. The zero-order chi connectivity index (χ0) is 70.9. The molecular formula is C83H81ArClN6O10. The summed E-state index contributed by atoms with van der Waals surface area (Å²) in [5.41, 5.74) is 22.4. The molecule has 12 aromatic rings. The van der Waals surface area contributed by atoms with E-state index in [1.807, 2.05) is 224 Å². The van der Waals surface area contributed by atoms with Crippen molar-refractivity contribution in [2.75, 3.05) is 51.9 Å². The Hall–Kier alpha value is -11.3. The number of anilines is 3. The first kappa shape index (κ1) is 80.4. The molecule has 0 aliphatic rings. The minimum absolute atomic E-state index is 0. The number of allylic oxidation sites excluding steroid dienone is 1. The van der Waals surface area contributed by atoms with Crippen molar-refractivity contribution in [2.24, 2.45) is 5.73 Å². The fourth-order valence-corrected chi connectivity index (χ4v) is 9.72. The van der Waals surface area contributed by atoms with Gasteiger partial charge in [0.15, 0.2) is 17.0 Å². The molecule has 0 atom stereocenters. The zero-order valence-corrected chi connectivity index (χ0v) is 57.7. The maximum atomic E-state index is 12.1. The molecule has 0 spiro atoms. The van der Waals surface area contributed by atoms with Crippen molar-refractivity contribution in [1.29, 1.82) is 0 Å². The number of aromatic nitrogens is 2. The summed E-state index contributed by atoms with van der Waals surface area (Å²) in [7, 11) is 8.11. The topological polar surface area (TPSA) is 236 Å². The second kappa shape index (κ2) is 42.5. The number of halogens is 1. The first-order valence-electron chi connectivity index (χ1n) is 31.1. The summed E-state index contributed by atoms with van der Waals surface area (Å²) in [5.74, 6) is 3.11. The molecule has 1 amide bonds. The summed E-state index contributed by atoms with van der Waals surface area (Å²) < 4.78 is 25.7. The van der Waals surface area contributed by atoms with Gasteiger partial charge in [-0.3, -0.25) is 24.0 Å². The van der Waals surface area contributed by atoms with Crippen LogP contribution in [-0.2, 0) is 14.4 Å². The van der Waals surface area contributed by atoms with Crippen LogP contribution in [0.15, 0.2) is 290 Å². The summed E-state index contributed by atoms with van der Waals surface area (Å²) in [5, 5.41) is 8.74. The monoisotopic (exact) mass is 1400 g/mol. The number of Topliss-reactive ketones (excluding diaryl/α,β-unsaturated/α-hetero) is 2. The van der Waals surface area contributed by atoms with Crippen molar-refractivity contribution in [3.8, 4) is 51.3 Å². The molecule has 2 heterocycles. The Kier molecular flexibility index (Phi) is 33.9. The number of pyridine rings is 2. The Morgan fingerprint density at radius 2 is 0.901 bits per heavy atom. The van der Waals surface area contributed by atoms with Crippen LogP contribution >= 0.6 is 11.6 Å². The molecule has 7 N–H and O–H groups in total. The van der Waals surface area contributed by atoms with Crippen LogP contribution < -0.4 is 51.2 Å². The minimum Gasteiger partial charge on any atom is -0.497 e. The van der Waals surface area contributed by atoms with Crippen LogP contribution in [0, 0.1) is 37.7 Å². The molecule has 10 aromatic carbocycles. The van der Waals surface area contributed by atoms with Crippen LogP contribution in [0.3, 0.4) is 0 Å². The van der Waals surface area contributed by atoms with Gasteiger partial charge in [0.2, 0.25) is 5.91 Å². The number of methoxy groups -OCH3 is 5. The van der Waals surface area contributed by atoms with Crippen LogP contribution in [0.5, 0.6) is 28.7 Å². The van der Waals surface area contributed by atoms with Gasteiger partial charge in [-0.25, -0.2) is 4.98 Å². The number of H-pyrrole nitrogens is 1. The van der Waals surface area contributed by atoms with Crippen molar-refractivity contribution < 1.29 is 80.6 Å². The number of nitrogen functional groups attached to an aromatic ring is 1. The summed E-state index contributed by atoms with van der Waals surface area (Å²) in [6.07, 6.45) is 2.97. The van der Waals surface area contributed by atoms with E-state index in [9.17, 15) is 24.0 Å². The molecule has 0 radical (unpaired) electrons. The van der Waals surface area contributed by atoms with Gasteiger partial charge in [0, 0.05) is 137 Å². The van der Waals surface area contributed by atoms with E-state index in [0.717, 1.165) is 102 Å². The number of rotatable bonds is 18. The van der Waals surface area contributed by atoms with Crippen LogP contribution in [0.2, 0.25) is 5.02 Å². The largest absolute Gasteiger partial charge is 0.497 e. The molecule has 0 fully saturated rings. The number of ketones is 3. The van der Waals surface area contributed by atoms with Gasteiger partial charge in [0.25, 0.3) is 0 Å². The summed E-state index contributed by atoms with van der Waals surface area (Å²) >= 11 is 6.33. The standard InChI is InChI=1S/C17H17NO2.C16H12ClNO.C16H16N2O2.C16H13NO2.C10H10O2.C7H9NO.CH4.Ar/c1-13(19)11-17(14-7-4-3-5-8-14)18-15-9-6-10-16(12-15)20-2;1-19-12-7-8-13-14(17)10-15(18-16(13)9-12)11-5-3-2-4-6-11;1-20-14-9-5-8-13(10-14)18-15(11-16(17)19)12-6-3-2-4-7-12;1-19-12-7-8-13-15(9-12)17-14(10-16(13)18)11-5-3-2-4-6-11;1-8(11)7-10(12)9-5-3-2-4-6-9;1-9-7-4-2-3-6(8)5-7;;/h3-12,18H,1-2H3;2-10H,1H3;2-11,18H,1H3,(H2,17,19);2-10H,1H3,(H,17,18);2-6H,7H2,1H3;2-5H,8H2,1H3;1H4;/b17-11-;;15-11-;;;;;. The number of carbonyl (C=O) groups excluding carboxylic acids is 4. The smallest absolute Gasteiger partial charge is 0.243 e. The number of nitrogens with one attached hydrogen (secondary N) is 3. The maximum absolute atomic E-state index is 12.1. The van der Waals surface area contributed by atoms with Gasteiger partial charge in [-0.05, 0) is 97.3 Å². The van der Waals surface area contributed by atoms with E-state index >= 15 is 0 Å². The molecule has 0 unspecified atom stereocenters. The number of carbonyl (C=O) groups is 4. The van der Waals surface area contributed by atoms with E-state index in [4.69, 9.17) is 46.8 Å². The van der Waals surface area contributed by atoms with Gasteiger partial charge in [-0.2, -0.15) is 0 Å². The molecule has 0 saturated heterocycles. The number of ether oxygens (including phenoxy) is 5. The van der Waals surface area contributed by atoms with Crippen molar-refractivity contribution in [3.63, 3.8) is 0 Å². The van der Waals surface area contributed by atoms with Crippen LogP contribution in [0.25, 0.3) is 55.7 Å².